The predicted octanol–water partition coefficient (Wildman–Crippen LogP) is 3.39. The highest BCUT2D eigenvalue weighted by Gasteiger charge is 2.15. The number of unbranched alkanes of at least 4 members (excludes halogenated alkanes) is 8. The van der Waals surface area contributed by atoms with E-state index in [1.807, 2.05) is 0 Å². The molecule has 0 spiro atoms. The Bertz CT molecular complexity index is 459. The number of carbonyl (C=O) groups is 3. The number of esters is 2. The van der Waals surface area contributed by atoms with Crippen LogP contribution in [0.3, 0.4) is 0 Å². The third-order valence-corrected chi connectivity index (χ3v) is 4.02. The van der Waals surface area contributed by atoms with Gasteiger partial charge in [-0.25, -0.2) is 4.79 Å². The van der Waals surface area contributed by atoms with Gasteiger partial charge >= 0.3 is 17.9 Å². The van der Waals surface area contributed by atoms with Crippen LogP contribution >= 0.6 is 0 Å². The Morgan fingerprint density at radius 1 is 0.852 bits per heavy atom. The molecule has 0 saturated heterocycles. The van der Waals surface area contributed by atoms with Crippen LogP contribution < -0.4 is 0 Å². The molecule has 0 aliphatic carbocycles. The van der Waals surface area contributed by atoms with Crippen molar-refractivity contribution >= 4 is 17.9 Å². The lowest BCUT2D eigenvalue weighted by Crippen LogP contribution is -2.25. The monoisotopic (exact) mass is 386 g/mol. The van der Waals surface area contributed by atoms with Crippen molar-refractivity contribution in [1.29, 1.82) is 0 Å². The summed E-state index contributed by atoms with van der Waals surface area (Å²) < 4.78 is 9.65. The van der Waals surface area contributed by atoms with Crippen LogP contribution in [0.15, 0.2) is 12.2 Å². The fourth-order valence-corrected chi connectivity index (χ4v) is 2.38. The molecular weight excluding hydrogens is 352 g/mol. The number of hydrogen-bond acceptors (Lipinski definition) is 6. The second kappa shape index (κ2) is 16.3. The lowest BCUT2D eigenvalue weighted by molar-refractivity contribution is -0.152. The van der Waals surface area contributed by atoms with E-state index in [1.54, 1.807) is 0 Å². The highest BCUT2D eigenvalue weighted by atomic mass is 16.6. The van der Waals surface area contributed by atoms with Crippen LogP contribution in [0.25, 0.3) is 0 Å². The average Bonchev–Trinajstić information content (AvgIpc) is 2.63. The Kier molecular flexibility index (Phi) is 15.2. The summed E-state index contributed by atoms with van der Waals surface area (Å²) in [5.41, 5.74) is -0.290. The lowest BCUT2D eigenvalue weighted by Gasteiger charge is -2.12. The van der Waals surface area contributed by atoms with E-state index in [-0.39, 0.29) is 24.8 Å². The van der Waals surface area contributed by atoms with E-state index in [0.717, 1.165) is 19.3 Å². The molecule has 0 aliphatic heterocycles. The van der Waals surface area contributed by atoms with E-state index in [9.17, 15) is 19.5 Å². The molecule has 0 aliphatic rings. The van der Waals surface area contributed by atoms with Gasteiger partial charge in [0.15, 0.2) is 0 Å². The van der Waals surface area contributed by atoms with Gasteiger partial charge in [-0.3, -0.25) is 9.59 Å². The number of carbonyl (C=O) groups excluding carboxylic acids is 2. The number of rotatable bonds is 17. The second-order valence-electron chi connectivity index (χ2n) is 6.68. The summed E-state index contributed by atoms with van der Waals surface area (Å²) in [6.45, 7) is 4.79. The van der Waals surface area contributed by atoms with E-state index >= 15 is 0 Å². The highest BCUT2D eigenvalue weighted by molar-refractivity contribution is 5.91. The third-order valence-electron chi connectivity index (χ3n) is 4.02. The first-order valence-corrected chi connectivity index (χ1v) is 9.77. The summed E-state index contributed by atoms with van der Waals surface area (Å²) >= 11 is 0. The largest absolute Gasteiger partial charge is 0.478 e. The molecule has 0 rings (SSSR count). The molecular formula is C20H34O7. The Balaban J connectivity index is 3.59. The van der Waals surface area contributed by atoms with Crippen LogP contribution in [0.1, 0.15) is 77.6 Å². The Hall–Kier alpha value is -1.89. The second-order valence-corrected chi connectivity index (χ2v) is 6.68. The number of aliphatic hydroxyl groups excluding tert-OH is 1. The zero-order chi connectivity index (χ0) is 20.5. The molecule has 0 aromatic carbocycles. The summed E-state index contributed by atoms with van der Waals surface area (Å²) in [7, 11) is 0. The number of aliphatic carboxylic acids is 1. The topological polar surface area (TPSA) is 110 Å². The van der Waals surface area contributed by atoms with Gasteiger partial charge in [0, 0.05) is 12.0 Å². The van der Waals surface area contributed by atoms with Gasteiger partial charge in [0.1, 0.15) is 19.3 Å². The highest BCUT2D eigenvalue weighted by Crippen LogP contribution is 2.10. The van der Waals surface area contributed by atoms with Crippen molar-refractivity contribution in [1.82, 2.24) is 0 Å². The zero-order valence-electron chi connectivity index (χ0n) is 16.4. The number of aliphatic hydroxyl groups is 1. The van der Waals surface area contributed by atoms with Gasteiger partial charge in [-0.15, -0.1) is 0 Å². The van der Waals surface area contributed by atoms with E-state index in [4.69, 9.17) is 14.6 Å². The maximum Gasteiger partial charge on any atom is 0.331 e. The Labute approximate surface area is 161 Å². The van der Waals surface area contributed by atoms with Gasteiger partial charge in [-0.2, -0.15) is 0 Å². The zero-order valence-corrected chi connectivity index (χ0v) is 16.4. The van der Waals surface area contributed by atoms with Crippen molar-refractivity contribution < 1.29 is 34.1 Å². The Morgan fingerprint density at radius 3 is 1.85 bits per heavy atom. The minimum absolute atomic E-state index is 0.260. The van der Waals surface area contributed by atoms with Gasteiger partial charge in [-0.05, 0) is 6.42 Å². The van der Waals surface area contributed by atoms with Crippen LogP contribution in [0, 0.1) is 0 Å². The number of carboxylic acids is 1. The van der Waals surface area contributed by atoms with Crippen molar-refractivity contribution in [3.63, 3.8) is 0 Å². The summed E-state index contributed by atoms with van der Waals surface area (Å²) in [4.78, 5) is 33.5. The molecule has 0 heterocycles. The van der Waals surface area contributed by atoms with Gasteiger partial charge < -0.3 is 19.7 Å². The van der Waals surface area contributed by atoms with Crippen molar-refractivity contribution in [3.8, 4) is 0 Å². The van der Waals surface area contributed by atoms with Crippen molar-refractivity contribution in [2.45, 2.75) is 83.7 Å². The van der Waals surface area contributed by atoms with E-state index in [1.165, 1.54) is 38.5 Å². The summed E-state index contributed by atoms with van der Waals surface area (Å²) in [5.74, 6) is -2.47. The maximum absolute atomic E-state index is 11.6. The average molecular weight is 386 g/mol. The smallest absolute Gasteiger partial charge is 0.331 e. The summed E-state index contributed by atoms with van der Waals surface area (Å²) in [6.07, 6.45) is 9.13. The molecule has 0 aromatic heterocycles. The van der Waals surface area contributed by atoms with Crippen molar-refractivity contribution in [3.05, 3.63) is 12.2 Å². The fourth-order valence-electron chi connectivity index (χ4n) is 2.38. The maximum atomic E-state index is 11.6. The van der Waals surface area contributed by atoms with Crippen molar-refractivity contribution in [2.75, 3.05) is 13.2 Å². The molecule has 2 N–H and O–H groups in total. The first kappa shape index (κ1) is 25.1. The van der Waals surface area contributed by atoms with Gasteiger partial charge in [0.25, 0.3) is 0 Å². The lowest BCUT2D eigenvalue weighted by atomic mass is 10.1. The molecule has 156 valence electrons. The first-order chi connectivity index (χ1) is 12.9. The van der Waals surface area contributed by atoms with Gasteiger partial charge in [0.05, 0.1) is 6.42 Å². The molecule has 7 nitrogen and oxygen atoms in total. The molecule has 1 atom stereocenters. The Morgan fingerprint density at radius 2 is 1.33 bits per heavy atom. The van der Waals surface area contributed by atoms with Crippen LogP contribution in [-0.4, -0.2) is 47.4 Å². The number of ether oxygens (including phenoxy) is 2. The molecule has 0 amide bonds. The SMILES string of the molecule is C=C(CC(=O)OCC(O)COC(=O)CCCCCCCCCCC)C(=O)O. The van der Waals surface area contributed by atoms with Crippen molar-refractivity contribution in [2.24, 2.45) is 0 Å². The van der Waals surface area contributed by atoms with E-state index < -0.39 is 24.5 Å². The molecule has 7 heteroatoms. The molecule has 0 saturated carbocycles. The van der Waals surface area contributed by atoms with Crippen LogP contribution in [0.4, 0.5) is 0 Å². The molecule has 0 bridgehead atoms. The first-order valence-electron chi connectivity index (χ1n) is 9.77. The van der Waals surface area contributed by atoms with E-state index in [2.05, 4.69) is 13.5 Å². The van der Waals surface area contributed by atoms with Crippen LogP contribution in [-0.2, 0) is 23.9 Å². The predicted molar refractivity (Wildman–Crippen MR) is 101 cm³/mol. The molecule has 0 fully saturated rings. The third kappa shape index (κ3) is 16.0. The fraction of sp³-hybridized carbons (Fsp3) is 0.750. The minimum atomic E-state index is -1.28. The van der Waals surface area contributed by atoms with Crippen LogP contribution in [0.5, 0.6) is 0 Å². The van der Waals surface area contributed by atoms with Gasteiger partial charge in [0.2, 0.25) is 0 Å². The van der Waals surface area contributed by atoms with Crippen LogP contribution in [0.2, 0.25) is 0 Å². The molecule has 27 heavy (non-hydrogen) atoms. The standard InChI is InChI=1S/C20H34O7/c1-3-4-5-6-7-8-9-10-11-12-18(22)26-14-17(21)15-27-19(23)13-16(2)20(24)25/h17,21H,2-15H2,1H3,(H,24,25). The minimum Gasteiger partial charge on any atom is -0.478 e. The molecule has 0 radical (unpaired) electrons. The quantitative estimate of drug-likeness (QED) is 0.224. The normalized spacial score (nSPS) is 11.6. The molecule has 0 aromatic rings. The molecule has 1 unspecified atom stereocenters. The summed E-state index contributed by atoms with van der Waals surface area (Å²) in [5, 5.41) is 18.2. The van der Waals surface area contributed by atoms with E-state index in [0.29, 0.717) is 6.42 Å². The number of carboxylic acid groups (broad SMARTS) is 1. The van der Waals surface area contributed by atoms with Gasteiger partial charge in [-0.1, -0.05) is 64.9 Å². The summed E-state index contributed by atoms with van der Waals surface area (Å²) in [6, 6.07) is 0. The number of hydrogen-bond donors (Lipinski definition) is 2.